The van der Waals surface area contributed by atoms with Crippen molar-refractivity contribution in [1.82, 2.24) is 15.4 Å². The molecule has 0 bridgehead atoms. The lowest BCUT2D eigenvalue weighted by atomic mass is 10.1. The van der Waals surface area contributed by atoms with Crippen molar-refractivity contribution in [2.24, 2.45) is 0 Å². The van der Waals surface area contributed by atoms with Gasteiger partial charge in [0.05, 0.1) is 6.04 Å². The zero-order valence-electron chi connectivity index (χ0n) is 10.4. The highest BCUT2D eigenvalue weighted by molar-refractivity contribution is 5.81. The van der Waals surface area contributed by atoms with E-state index in [0.717, 1.165) is 37.2 Å². The number of hydrogen-bond acceptors (Lipinski definition) is 4. The Balaban J connectivity index is 2.11. The molecular weight excluding hydrogens is 218 g/mol. The Hall–Kier alpha value is -1.36. The Morgan fingerprint density at radius 3 is 3.12 bits per heavy atom. The third kappa shape index (κ3) is 2.66. The van der Waals surface area contributed by atoms with Crippen LogP contribution in [0.5, 0.6) is 0 Å². The van der Waals surface area contributed by atoms with E-state index in [4.69, 9.17) is 4.52 Å². The molecule has 1 aromatic heterocycles. The van der Waals surface area contributed by atoms with Crippen LogP contribution < -0.4 is 5.32 Å². The van der Waals surface area contributed by atoms with Crippen molar-refractivity contribution in [3.8, 4) is 0 Å². The number of rotatable bonds is 3. The van der Waals surface area contributed by atoms with Gasteiger partial charge in [-0.15, -0.1) is 0 Å². The van der Waals surface area contributed by atoms with E-state index in [9.17, 15) is 4.79 Å². The summed E-state index contributed by atoms with van der Waals surface area (Å²) in [6, 6.07) is -0.0476. The fourth-order valence-corrected chi connectivity index (χ4v) is 2.22. The second-order valence-corrected chi connectivity index (χ2v) is 4.48. The summed E-state index contributed by atoms with van der Waals surface area (Å²) in [5, 5.41) is 6.93. The van der Waals surface area contributed by atoms with Crippen molar-refractivity contribution in [3.63, 3.8) is 0 Å². The van der Waals surface area contributed by atoms with E-state index in [2.05, 4.69) is 15.4 Å². The van der Waals surface area contributed by atoms with Crippen LogP contribution in [-0.4, -0.2) is 35.1 Å². The summed E-state index contributed by atoms with van der Waals surface area (Å²) in [4.78, 5) is 14.1. The van der Waals surface area contributed by atoms with Crippen molar-refractivity contribution in [1.29, 1.82) is 0 Å². The van der Waals surface area contributed by atoms with Gasteiger partial charge in [0.25, 0.3) is 0 Å². The van der Waals surface area contributed by atoms with Gasteiger partial charge in [0, 0.05) is 25.2 Å². The lowest BCUT2D eigenvalue weighted by Gasteiger charge is -2.26. The zero-order valence-corrected chi connectivity index (χ0v) is 10.4. The molecule has 1 saturated heterocycles. The van der Waals surface area contributed by atoms with Gasteiger partial charge in [0.2, 0.25) is 5.91 Å². The Labute approximate surface area is 101 Å². The minimum atomic E-state index is -0.0476. The third-order valence-electron chi connectivity index (χ3n) is 3.25. The molecule has 2 rings (SSSR count). The van der Waals surface area contributed by atoms with Crippen LogP contribution in [0.1, 0.15) is 31.0 Å². The Morgan fingerprint density at radius 1 is 1.65 bits per heavy atom. The average molecular weight is 237 g/mol. The molecule has 1 atom stereocenters. The molecule has 17 heavy (non-hydrogen) atoms. The summed E-state index contributed by atoms with van der Waals surface area (Å²) < 4.78 is 4.94. The van der Waals surface area contributed by atoms with E-state index in [-0.39, 0.29) is 11.9 Å². The molecule has 5 heteroatoms. The van der Waals surface area contributed by atoms with E-state index in [1.807, 2.05) is 13.8 Å². The fourth-order valence-electron chi connectivity index (χ4n) is 2.22. The first-order valence-corrected chi connectivity index (χ1v) is 6.14. The Bertz CT molecular complexity index is 389. The summed E-state index contributed by atoms with van der Waals surface area (Å²) in [5.41, 5.74) is 1.97. The lowest BCUT2D eigenvalue weighted by molar-refractivity contribution is -0.125. The predicted molar refractivity (Wildman–Crippen MR) is 63.4 cm³/mol. The Morgan fingerprint density at radius 2 is 2.47 bits per heavy atom. The maximum atomic E-state index is 11.9. The lowest BCUT2D eigenvalue weighted by Crippen LogP contribution is -2.43. The van der Waals surface area contributed by atoms with Crippen LogP contribution in [0.15, 0.2) is 10.8 Å². The third-order valence-corrected chi connectivity index (χ3v) is 3.25. The van der Waals surface area contributed by atoms with Crippen LogP contribution in [0.4, 0.5) is 0 Å². The van der Waals surface area contributed by atoms with Gasteiger partial charge in [-0.05, 0) is 19.8 Å². The van der Waals surface area contributed by atoms with E-state index < -0.39 is 0 Å². The predicted octanol–water partition coefficient (Wildman–Crippen LogP) is 1.08. The second kappa shape index (κ2) is 5.31. The number of aromatic nitrogens is 1. The summed E-state index contributed by atoms with van der Waals surface area (Å²) in [7, 11) is 0. The molecule has 0 unspecified atom stereocenters. The van der Waals surface area contributed by atoms with E-state index in [1.54, 1.807) is 6.26 Å². The fraction of sp³-hybridized carbons (Fsp3) is 0.667. The highest BCUT2D eigenvalue weighted by atomic mass is 16.5. The number of carbonyl (C=O) groups is 1. The van der Waals surface area contributed by atoms with Crippen LogP contribution in [-0.2, 0) is 11.3 Å². The van der Waals surface area contributed by atoms with Gasteiger partial charge in [-0.25, -0.2) is 0 Å². The van der Waals surface area contributed by atoms with Gasteiger partial charge in [-0.2, -0.15) is 0 Å². The van der Waals surface area contributed by atoms with Gasteiger partial charge in [-0.1, -0.05) is 12.1 Å². The van der Waals surface area contributed by atoms with Crippen molar-refractivity contribution in [3.05, 3.63) is 17.5 Å². The maximum Gasteiger partial charge on any atom is 0.237 e. The minimum absolute atomic E-state index is 0.0476. The van der Waals surface area contributed by atoms with E-state index in [1.165, 1.54) is 0 Å². The normalized spacial score (nSPS) is 22.2. The first-order valence-electron chi connectivity index (χ1n) is 6.14. The molecule has 1 aromatic rings. The minimum Gasteiger partial charge on any atom is -0.364 e. The van der Waals surface area contributed by atoms with Crippen molar-refractivity contribution in [2.45, 2.75) is 39.3 Å². The van der Waals surface area contributed by atoms with Crippen LogP contribution in [0.25, 0.3) is 0 Å². The highest BCUT2D eigenvalue weighted by Crippen LogP contribution is 2.15. The van der Waals surface area contributed by atoms with Crippen molar-refractivity contribution < 1.29 is 9.32 Å². The van der Waals surface area contributed by atoms with Gasteiger partial charge < -0.3 is 9.84 Å². The number of nitrogens with zero attached hydrogens (tertiary/aromatic N) is 2. The topological polar surface area (TPSA) is 58.4 Å². The quantitative estimate of drug-likeness (QED) is 0.854. The standard InChI is InChI=1S/C12H19N3O2/c1-3-11-12(16)13-5-4-6-15(11)7-10-9(2)8-17-14-10/h8,11H,3-7H2,1-2H3,(H,13,16)/t11-/m0/s1. The SMILES string of the molecule is CC[C@H]1C(=O)NCCCN1Cc1nocc1C. The summed E-state index contributed by atoms with van der Waals surface area (Å²) in [5.74, 6) is 0.131. The van der Waals surface area contributed by atoms with Crippen LogP contribution in [0, 0.1) is 6.92 Å². The van der Waals surface area contributed by atoms with Crippen molar-refractivity contribution >= 4 is 5.91 Å². The molecule has 94 valence electrons. The summed E-state index contributed by atoms with van der Waals surface area (Å²) >= 11 is 0. The van der Waals surface area contributed by atoms with Crippen molar-refractivity contribution in [2.75, 3.05) is 13.1 Å². The molecular formula is C12H19N3O2. The molecule has 1 aliphatic heterocycles. The first-order chi connectivity index (χ1) is 8.22. The zero-order chi connectivity index (χ0) is 12.3. The van der Waals surface area contributed by atoms with Gasteiger partial charge in [0.15, 0.2) is 0 Å². The maximum absolute atomic E-state index is 11.9. The molecule has 1 N–H and O–H groups in total. The molecule has 0 radical (unpaired) electrons. The van der Waals surface area contributed by atoms with E-state index >= 15 is 0 Å². The van der Waals surface area contributed by atoms with E-state index in [0.29, 0.717) is 6.54 Å². The summed E-state index contributed by atoms with van der Waals surface area (Å²) in [6.07, 6.45) is 3.45. The molecule has 0 aromatic carbocycles. The largest absolute Gasteiger partial charge is 0.364 e. The number of aryl methyl sites for hydroxylation is 1. The molecule has 1 aliphatic rings. The Kier molecular flexibility index (Phi) is 3.78. The number of carbonyl (C=O) groups excluding carboxylic acids is 1. The second-order valence-electron chi connectivity index (χ2n) is 4.48. The number of amides is 1. The molecule has 1 fully saturated rings. The monoisotopic (exact) mass is 237 g/mol. The molecule has 2 heterocycles. The van der Waals surface area contributed by atoms with Crippen LogP contribution >= 0.6 is 0 Å². The number of nitrogens with one attached hydrogen (secondary N) is 1. The van der Waals surface area contributed by atoms with Crippen LogP contribution in [0.2, 0.25) is 0 Å². The van der Waals surface area contributed by atoms with Gasteiger partial charge in [-0.3, -0.25) is 9.69 Å². The molecule has 0 saturated carbocycles. The van der Waals surface area contributed by atoms with Gasteiger partial charge in [0.1, 0.15) is 12.0 Å². The number of hydrogen-bond donors (Lipinski definition) is 1. The molecule has 5 nitrogen and oxygen atoms in total. The smallest absolute Gasteiger partial charge is 0.237 e. The van der Waals surface area contributed by atoms with Crippen LogP contribution in [0.3, 0.4) is 0 Å². The highest BCUT2D eigenvalue weighted by Gasteiger charge is 2.27. The molecule has 0 spiro atoms. The average Bonchev–Trinajstić information content (AvgIpc) is 2.61. The van der Waals surface area contributed by atoms with Gasteiger partial charge >= 0.3 is 0 Å². The molecule has 0 aliphatic carbocycles. The first kappa shape index (κ1) is 12.1. The molecule has 1 amide bonds. The summed E-state index contributed by atoms with van der Waals surface area (Å²) in [6.45, 7) is 6.39.